The van der Waals surface area contributed by atoms with Crippen molar-refractivity contribution >= 4 is 29.2 Å². The van der Waals surface area contributed by atoms with E-state index in [0.29, 0.717) is 16.3 Å². The second kappa shape index (κ2) is 9.89. The summed E-state index contributed by atoms with van der Waals surface area (Å²) >= 11 is 5.92. The minimum Gasteiger partial charge on any atom is -0.496 e. The van der Waals surface area contributed by atoms with Gasteiger partial charge in [-0.3, -0.25) is 9.59 Å². The fraction of sp³-hybridized carbons (Fsp3) is 0.263. The largest absolute Gasteiger partial charge is 0.496 e. The minimum absolute atomic E-state index is 0.0345. The van der Waals surface area contributed by atoms with E-state index < -0.39 is 24.6 Å². The fourth-order valence-electron chi connectivity index (χ4n) is 2.34. The van der Waals surface area contributed by atoms with Gasteiger partial charge in [0.2, 0.25) is 0 Å². The number of hydrogen-bond donors (Lipinski definition) is 1. The molecule has 0 aromatic heterocycles. The van der Waals surface area contributed by atoms with Gasteiger partial charge >= 0.3 is 12.6 Å². The van der Waals surface area contributed by atoms with E-state index in [2.05, 4.69) is 10.1 Å². The molecule has 0 radical (unpaired) electrons. The third-order valence-corrected chi connectivity index (χ3v) is 3.85. The Balaban J connectivity index is 1.99. The van der Waals surface area contributed by atoms with Gasteiger partial charge in [-0.25, -0.2) is 0 Å². The van der Waals surface area contributed by atoms with Crippen molar-refractivity contribution in [1.29, 1.82) is 0 Å². The molecule has 0 bridgehead atoms. The first kappa shape index (κ1) is 21.4. The van der Waals surface area contributed by atoms with E-state index >= 15 is 0 Å². The van der Waals surface area contributed by atoms with Crippen molar-refractivity contribution in [2.75, 3.05) is 12.4 Å². The van der Waals surface area contributed by atoms with Gasteiger partial charge in [-0.1, -0.05) is 23.7 Å². The summed E-state index contributed by atoms with van der Waals surface area (Å²) in [5, 5.41) is 2.82. The molecule has 6 nitrogen and oxygen atoms in total. The summed E-state index contributed by atoms with van der Waals surface area (Å²) in [6.07, 6.45) is -1.33. The molecule has 0 heterocycles. The first-order chi connectivity index (χ1) is 13.3. The van der Waals surface area contributed by atoms with Crippen molar-refractivity contribution in [3.05, 3.63) is 53.1 Å². The number of para-hydroxylation sites is 2. The molecule has 0 saturated heterocycles. The Morgan fingerprint density at radius 3 is 2.54 bits per heavy atom. The molecule has 0 aliphatic carbocycles. The van der Waals surface area contributed by atoms with Crippen LogP contribution in [0.15, 0.2) is 42.5 Å². The number of esters is 1. The van der Waals surface area contributed by atoms with Crippen LogP contribution in [0.3, 0.4) is 0 Å². The quantitative estimate of drug-likeness (QED) is 0.660. The van der Waals surface area contributed by atoms with Crippen molar-refractivity contribution in [2.45, 2.75) is 26.1 Å². The predicted octanol–water partition coefficient (Wildman–Crippen LogP) is 4.06. The summed E-state index contributed by atoms with van der Waals surface area (Å²) in [6, 6.07) is 10.5. The van der Waals surface area contributed by atoms with E-state index in [-0.39, 0.29) is 17.9 Å². The van der Waals surface area contributed by atoms with Gasteiger partial charge in [0, 0.05) is 10.6 Å². The highest BCUT2D eigenvalue weighted by Gasteiger charge is 2.21. The molecule has 1 atom stereocenters. The normalized spacial score (nSPS) is 11.6. The van der Waals surface area contributed by atoms with Crippen LogP contribution in [-0.2, 0) is 20.7 Å². The molecular weight excluding hydrogens is 396 g/mol. The molecule has 0 saturated carbocycles. The minimum atomic E-state index is -3.04. The van der Waals surface area contributed by atoms with Crippen LogP contribution >= 0.6 is 11.6 Å². The molecule has 0 spiro atoms. The lowest BCUT2D eigenvalue weighted by atomic mass is 10.1. The Morgan fingerprint density at radius 2 is 1.86 bits per heavy atom. The second-order valence-corrected chi connectivity index (χ2v) is 6.07. The van der Waals surface area contributed by atoms with Crippen LogP contribution in [0, 0.1) is 0 Å². The number of halogens is 3. The standard InChI is InChI=1S/C19H18ClF2NO5/c1-11(18(25)23-14-5-3-4-6-16(14)28-19(21)22)27-17(24)10-12-9-13(20)7-8-15(12)26-2/h3-9,11,19H,10H2,1-2H3,(H,23,25)/t11-/m1/s1. The third kappa shape index (κ3) is 6.09. The number of alkyl halides is 2. The second-order valence-electron chi connectivity index (χ2n) is 5.63. The van der Waals surface area contributed by atoms with Crippen LogP contribution in [0.1, 0.15) is 12.5 Å². The molecule has 2 rings (SSSR count). The van der Waals surface area contributed by atoms with Crippen LogP contribution in [0.5, 0.6) is 11.5 Å². The maximum absolute atomic E-state index is 12.4. The van der Waals surface area contributed by atoms with Gasteiger partial charge in [-0.15, -0.1) is 0 Å². The van der Waals surface area contributed by atoms with E-state index in [9.17, 15) is 18.4 Å². The van der Waals surface area contributed by atoms with Crippen LogP contribution < -0.4 is 14.8 Å². The third-order valence-electron chi connectivity index (χ3n) is 3.62. The van der Waals surface area contributed by atoms with Crippen LogP contribution in [0.2, 0.25) is 5.02 Å². The Morgan fingerprint density at radius 1 is 1.14 bits per heavy atom. The fourth-order valence-corrected chi connectivity index (χ4v) is 2.53. The number of rotatable bonds is 8. The summed E-state index contributed by atoms with van der Waals surface area (Å²) in [4.78, 5) is 24.4. The van der Waals surface area contributed by atoms with Crippen LogP contribution in [0.4, 0.5) is 14.5 Å². The topological polar surface area (TPSA) is 73.9 Å². The van der Waals surface area contributed by atoms with Crippen molar-refractivity contribution in [3.63, 3.8) is 0 Å². The van der Waals surface area contributed by atoms with Gasteiger partial charge in [-0.2, -0.15) is 8.78 Å². The molecule has 1 amide bonds. The molecule has 2 aromatic carbocycles. The number of nitrogens with one attached hydrogen (secondary N) is 1. The van der Waals surface area contributed by atoms with E-state index in [4.69, 9.17) is 21.1 Å². The monoisotopic (exact) mass is 413 g/mol. The van der Waals surface area contributed by atoms with Crippen LogP contribution in [0.25, 0.3) is 0 Å². The Kier molecular flexibility index (Phi) is 7.57. The first-order valence-corrected chi connectivity index (χ1v) is 8.54. The number of anilines is 1. The van der Waals surface area contributed by atoms with E-state index in [0.717, 1.165) is 0 Å². The average molecular weight is 414 g/mol. The SMILES string of the molecule is COc1ccc(Cl)cc1CC(=O)O[C@H](C)C(=O)Nc1ccccc1OC(F)F. The van der Waals surface area contributed by atoms with Crippen molar-refractivity contribution in [2.24, 2.45) is 0 Å². The molecule has 0 fully saturated rings. The molecular formula is C19H18ClF2NO5. The zero-order valence-corrected chi connectivity index (χ0v) is 15.8. The Hall–Kier alpha value is -2.87. The summed E-state index contributed by atoms with van der Waals surface area (Å²) in [6.45, 7) is -1.68. The van der Waals surface area contributed by atoms with Crippen molar-refractivity contribution in [3.8, 4) is 11.5 Å². The Bertz CT molecular complexity index is 847. The molecule has 28 heavy (non-hydrogen) atoms. The van der Waals surface area contributed by atoms with E-state index in [1.807, 2.05) is 0 Å². The number of ether oxygens (including phenoxy) is 3. The summed E-state index contributed by atoms with van der Waals surface area (Å²) < 4.78 is 39.5. The maximum atomic E-state index is 12.4. The predicted molar refractivity (Wildman–Crippen MR) is 99.0 cm³/mol. The zero-order chi connectivity index (χ0) is 20.7. The van der Waals surface area contributed by atoms with Crippen LogP contribution in [-0.4, -0.2) is 31.7 Å². The number of amides is 1. The van der Waals surface area contributed by atoms with Gasteiger partial charge in [0.25, 0.3) is 5.91 Å². The first-order valence-electron chi connectivity index (χ1n) is 8.16. The number of carbonyl (C=O) groups excluding carboxylic acids is 2. The number of hydrogen-bond acceptors (Lipinski definition) is 5. The van der Waals surface area contributed by atoms with Crippen molar-refractivity contribution < 1.29 is 32.6 Å². The zero-order valence-electron chi connectivity index (χ0n) is 15.1. The molecule has 0 unspecified atom stereocenters. The lowest BCUT2D eigenvalue weighted by molar-refractivity contribution is -0.152. The maximum Gasteiger partial charge on any atom is 0.387 e. The molecule has 0 aliphatic rings. The lowest BCUT2D eigenvalue weighted by Gasteiger charge is -2.16. The van der Waals surface area contributed by atoms with Gasteiger partial charge in [0.05, 0.1) is 19.2 Å². The highest BCUT2D eigenvalue weighted by atomic mass is 35.5. The van der Waals surface area contributed by atoms with Crippen molar-refractivity contribution in [1.82, 2.24) is 0 Å². The highest BCUT2D eigenvalue weighted by Crippen LogP contribution is 2.26. The van der Waals surface area contributed by atoms with E-state index in [1.165, 1.54) is 38.3 Å². The van der Waals surface area contributed by atoms with Gasteiger partial charge in [-0.05, 0) is 37.3 Å². The lowest BCUT2D eigenvalue weighted by Crippen LogP contribution is -2.30. The molecule has 2 aromatic rings. The summed E-state index contributed by atoms with van der Waals surface area (Å²) in [5.74, 6) is -1.12. The van der Waals surface area contributed by atoms with Gasteiger partial charge in [0.1, 0.15) is 11.5 Å². The molecule has 0 aliphatic heterocycles. The number of carbonyl (C=O) groups is 2. The van der Waals surface area contributed by atoms with Gasteiger partial charge in [0.15, 0.2) is 6.10 Å². The molecule has 9 heteroatoms. The average Bonchev–Trinajstić information content (AvgIpc) is 2.63. The molecule has 1 N–H and O–H groups in total. The van der Waals surface area contributed by atoms with E-state index in [1.54, 1.807) is 18.2 Å². The number of benzene rings is 2. The Labute approximate surface area is 165 Å². The smallest absolute Gasteiger partial charge is 0.387 e. The molecule has 150 valence electrons. The summed E-state index contributed by atoms with van der Waals surface area (Å²) in [5.41, 5.74) is 0.537. The summed E-state index contributed by atoms with van der Waals surface area (Å²) in [7, 11) is 1.45. The highest BCUT2D eigenvalue weighted by molar-refractivity contribution is 6.30. The number of methoxy groups -OCH3 is 1. The van der Waals surface area contributed by atoms with Gasteiger partial charge < -0.3 is 19.5 Å².